The van der Waals surface area contributed by atoms with Crippen LogP contribution in [0.3, 0.4) is 0 Å². The molecular formula is C19H17ClN2O2. The van der Waals surface area contributed by atoms with Crippen LogP contribution in [0.2, 0.25) is 5.02 Å². The van der Waals surface area contributed by atoms with E-state index in [0.29, 0.717) is 10.7 Å². The molecule has 24 heavy (non-hydrogen) atoms. The number of nitrogens with zero attached hydrogens (tertiary/aromatic N) is 1. The fourth-order valence-electron chi connectivity index (χ4n) is 2.83. The Morgan fingerprint density at radius 2 is 1.83 bits per heavy atom. The van der Waals surface area contributed by atoms with Crippen LogP contribution in [-0.4, -0.2) is 16.7 Å². The summed E-state index contributed by atoms with van der Waals surface area (Å²) in [4.78, 5) is 26.0. The molecule has 1 aliphatic heterocycles. The SMILES string of the molecule is CC(=O)N1C=Cc2ccccc2[C@@H]1CC(=O)Nc1ccc(Cl)cc1. The van der Waals surface area contributed by atoms with Crippen molar-refractivity contribution in [3.8, 4) is 0 Å². The summed E-state index contributed by atoms with van der Waals surface area (Å²) >= 11 is 5.85. The van der Waals surface area contributed by atoms with Crippen LogP contribution < -0.4 is 5.32 Å². The molecule has 0 aliphatic carbocycles. The lowest BCUT2D eigenvalue weighted by Gasteiger charge is -2.32. The van der Waals surface area contributed by atoms with Gasteiger partial charge < -0.3 is 10.2 Å². The summed E-state index contributed by atoms with van der Waals surface area (Å²) in [6, 6.07) is 14.4. The van der Waals surface area contributed by atoms with Gasteiger partial charge >= 0.3 is 0 Å². The zero-order valence-electron chi connectivity index (χ0n) is 13.2. The van der Waals surface area contributed by atoms with Gasteiger partial charge in [0.2, 0.25) is 11.8 Å². The first-order chi connectivity index (χ1) is 11.5. The molecule has 0 radical (unpaired) electrons. The minimum atomic E-state index is -0.309. The van der Waals surface area contributed by atoms with Crippen molar-refractivity contribution in [3.05, 3.63) is 70.9 Å². The van der Waals surface area contributed by atoms with Crippen molar-refractivity contribution in [2.75, 3.05) is 5.32 Å². The summed E-state index contributed by atoms with van der Waals surface area (Å²) in [5.74, 6) is -0.247. The standard InChI is InChI=1S/C19H17ClN2O2/c1-13(23)22-11-10-14-4-2-3-5-17(14)18(22)12-19(24)21-16-8-6-15(20)7-9-16/h2-11,18H,12H2,1H3,(H,21,24)/t18-/m0/s1. The number of nitrogens with one attached hydrogen (secondary N) is 1. The summed E-state index contributed by atoms with van der Waals surface area (Å²) in [5.41, 5.74) is 2.68. The van der Waals surface area contributed by atoms with Crippen molar-refractivity contribution in [3.63, 3.8) is 0 Å². The van der Waals surface area contributed by atoms with Gasteiger partial charge in [0, 0.05) is 23.8 Å². The molecule has 5 heteroatoms. The number of carbonyl (C=O) groups excluding carboxylic acids is 2. The third-order valence-electron chi connectivity index (χ3n) is 3.98. The molecule has 2 aromatic carbocycles. The molecule has 2 aromatic rings. The van der Waals surface area contributed by atoms with E-state index in [9.17, 15) is 9.59 Å². The second-order valence-corrected chi connectivity index (χ2v) is 6.08. The highest BCUT2D eigenvalue weighted by atomic mass is 35.5. The molecule has 3 rings (SSSR count). The highest BCUT2D eigenvalue weighted by Gasteiger charge is 2.28. The van der Waals surface area contributed by atoms with Crippen LogP contribution >= 0.6 is 11.6 Å². The van der Waals surface area contributed by atoms with E-state index in [1.165, 1.54) is 6.92 Å². The van der Waals surface area contributed by atoms with Crippen LogP contribution in [0.15, 0.2) is 54.7 Å². The molecule has 2 amide bonds. The zero-order valence-corrected chi connectivity index (χ0v) is 14.0. The number of fused-ring (bicyclic) bond motifs is 1. The number of rotatable bonds is 3. The minimum absolute atomic E-state index is 0.0926. The maximum absolute atomic E-state index is 12.4. The molecule has 1 atom stereocenters. The van der Waals surface area contributed by atoms with Gasteiger partial charge in [-0.1, -0.05) is 35.9 Å². The van der Waals surface area contributed by atoms with Crippen LogP contribution in [0, 0.1) is 0 Å². The summed E-state index contributed by atoms with van der Waals surface area (Å²) in [7, 11) is 0. The molecule has 0 bridgehead atoms. The van der Waals surface area contributed by atoms with E-state index in [4.69, 9.17) is 11.6 Å². The highest BCUT2D eigenvalue weighted by Crippen LogP contribution is 2.33. The van der Waals surface area contributed by atoms with Gasteiger partial charge in [-0.2, -0.15) is 0 Å². The average molecular weight is 341 g/mol. The number of amides is 2. The van der Waals surface area contributed by atoms with E-state index in [2.05, 4.69) is 5.32 Å². The van der Waals surface area contributed by atoms with Gasteiger partial charge in [0.15, 0.2) is 0 Å². The quantitative estimate of drug-likeness (QED) is 0.908. The first kappa shape index (κ1) is 16.3. The maximum atomic E-state index is 12.4. The first-order valence-corrected chi connectivity index (χ1v) is 8.04. The number of carbonyl (C=O) groups is 2. The van der Waals surface area contributed by atoms with Crippen LogP contribution in [0.25, 0.3) is 6.08 Å². The van der Waals surface area contributed by atoms with Crippen molar-refractivity contribution in [2.45, 2.75) is 19.4 Å². The van der Waals surface area contributed by atoms with E-state index < -0.39 is 0 Å². The largest absolute Gasteiger partial charge is 0.326 e. The monoisotopic (exact) mass is 340 g/mol. The Bertz CT molecular complexity index is 799. The molecule has 0 unspecified atom stereocenters. The Kier molecular flexibility index (Phi) is 4.67. The fraction of sp³-hybridized carbons (Fsp3) is 0.158. The van der Waals surface area contributed by atoms with Gasteiger partial charge in [-0.05, 0) is 41.5 Å². The van der Waals surface area contributed by atoms with Crippen LogP contribution in [-0.2, 0) is 9.59 Å². The minimum Gasteiger partial charge on any atom is -0.326 e. The lowest BCUT2D eigenvalue weighted by atomic mass is 9.93. The summed E-state index contributed by atoms with van der Waals surface area (Å²) in [5, 5.41) is 3.46. The molecule has 1 heterocycles. The Balaban J connectivity index is 1.80. The Morgan fingerprint density at radius 1 is 1.12 bits per heavy atom. The van der Waals surface area contributed by atoms with Gasteiger partial charge in [-0.3, -0.25) is 9.59 Å². The van der Waals surface area contributed by atoms with E-state index >= 15 is 0 Å². The molecule has 0 saturated carbocycles. The molecule has 122 valence electrons. The van der Waals surface area contributed by atoms with Crippen molar-refractivity contribution in [1.29, 1.82) is 0 Å². The average Bonchev–Trinajstić information content (AvgIpc) is 2.57. The van der Waals surface area contributed by atoms with Crippen LogP contribution in [0.1, 0.15) is 30.5 Å². The van der Waals surface area contributed by atoms with Crippen LogP contribution in [0.4, 0.5) is 5.69 Å². The zero-order chi connectivity index (χ0) is 17.1. The molecule has 1 N–H and O–H groups in total. The molecule has 0 aromatic heterocycles. The normalized spacial score (nSPS) is 15.8. The fourth-order valence-corrected chi connectivity index (χ4v) is 2.96. The number of benzene rings is 2. The summed E-state index contributed by atoms with van der Waals surface area (Å²) < 4.78 is 0. The number of anilines is 1. The van der Waals surface area contributed by atoms with Crippen molar-refractivity contribution < 1.29 is 9.59 Å². The Labute approximate surface area is 145 Å². The van der Waals surface area contributed by atoms with Gasteiger partial charge in [0.25, 0.3) is 0 Å². The molecule has 0 spiro atoms. The van der Waals surface area contributed by atoms with E-state index in [1.54, 1.807) is 35.4 Å². The second-order valence-electron chi connectivity index (χ2n) is 5.65. The predicted octanol–water partition coefficient (Wildman–Crippen LogP) is 4.24. The molecule has 4 nitrogen and oxygen atoms in total. The third-order valence-corrected chi connectivity index (χ3v) is 4.23. The topological polar surface area (TPSA) is 49.4 Å². The maximum Gasteiger partial charge on any atom is 0.226 e. The lowest BCUT2D eigenvalue weighted by Crippen LogP contribution is -2.33. The molecule has 1 aliphatic rings. The van der Waals surface area contributed by atoms with Crippen molar-refractivity contribution in [2.24, 2.45) is 0 Å². The summed E-state index contributed by atoms with van der Waals surface area (Å²) in [6.07, 6.45) is 3.82. The van der Waals surface area contributed by atoms with E-state index in [1.807, 2.05) is 30.3 Å². The smallest absolute Gasteiger partial charge is 0.226 e. The number of hydrogen-bond donors (Lipinski definition) is 1. The van der Waals surface area contributed by atoms with E-state index in [-0.39, 0.29) is 24.3 Å². The number of halogens is 1. The third kappa shape index (κ3) is 3.49. The second kappa shape index (κ2) is 6.89. The molecule has 0 saturated heterocycles. The van der Waals surface area contributed by atoms with Gasteiger partial charge in [0.05, 0.1) is 12.5 Å². The summed E-state index contributed by atoms with van der Waals surface area (Å²) in [6.45, 7) is 1.50. The van der Waals surface area contributed by atoms with Gasteiger partial charge in [-0.25, -0.2) is 0 Å². The molecular weight excluding hydrogens is 324 g/mol. The van der Waals surface area contributed by atoms with Crippen LogP contribution in [0.5, 0.6) is 0 Å². The van der Waals surface area contributed by atoms with Gasteiger partial charge in [0.1, 0.15) is 0 Å². The van der Waals surface area contributed by atoms with E-state index in [0.717, 1.165) is 11.1 Å². The highest BCUT2D eigenvalue weighted by molar-refractivity contribution is 6.30. The van der Waals surface area contributed by atoms with Crippen molar-refractivity contribution in [1.82, 2.24) is 4.90 Å². The number of hydrogen-bond acceptors (Lipinski definition) is 2. The van der Waals surface area contributed by atoms with Gasteiger partial charge in [-0.15, -0.1) is 0 Å². The predicted molar refractivity (Wildman–Crippen MR) is 95.4 cm³/mol. The van der Waals surface area contributed by atoms with Crippen molar-refractivity contribution >= 4 is 35.2 Å². The first-order valence-electron chi connectivity index (χ1n) is 7.66. The molecule has 0 fully saturated rings. The Hall–Kier alpha value is -2.59. The lowest BCUT2D eigenvalue weighted by molar-refractivity contribution is -0.129. The Morgan fingerprint density at radius 3 is 2.54 bits per heavy atom.